The Morgan fingerprint density at radius 3 is 2.51 bits per heavy atom. The SMILES string of the molecule is COc1c(Nc2ncc(Cl)c(Nc3ccccc3P(C)C)n2)cccc1N1CC2(CCOCC2)C1. The first-order valence-corrected chi connectivity index (χ1v) is 14.4. The average molecular weight is 512 g/mol. The molecule has 0 radical (unpaired) electrons. The van der Waals surface area contributed by atoms with Crippen LogP contribution in [0, 0.1) is 5.41 Å². The van der Waals surface area contributed by atoms with Crippen molar-refractivity contribution >= 4 is 53.7 Å². The van der Waals surface area contributed by atoms with Crippen LogP contribution < -0.4 is 25.6 Å². The lowest BCUT2D eigenvalue weighted by Gasteiger charge is -2.53. The van der Waals surface area contributed by atoms with Gasteiger partial charge < -0.3 is 25.0 Å². The lowest BCUT2D eigenvalue weighted by atomic mass is 9.73. The molecule has 3 heterocycles. The predicted octanol–water partition coefficient (Wildman–Crippen LogP) is 5.61. The van der Waals surface area contributed by atoms with Gasteiger partial charge in [0.2, 0.25) is 5.95 Å². The summed E-state index contributed by atoms with van der Waals surface area (Å²) in [5.74, 6) is 1.80. The van der Waals surface area contributed by atoms with Gasteiger partial charge in [0, 0.05) is 37.4 Å². The van der Waals surface area contributed by atoms with Crippen molar-refractivity contribution in [2.24, 2.45) is 5.41 Å². The molecule has 184 valence electrons. The molecule has 2 aliphatic rings. The topological polar surface area (TPSA) is 71.5 Å². The monoisotopic (exact) mass is 511 g/mol. The highest BCUT2D eigenvalue weighted by Gasteiger charge is 2.44. The number of ether oxygens (including phenoxy) is 2. The van der Waals surface area contributed by atoms with Gasteiger partial charge in [-0.05, 0) is 49.7 Å². The van der Waals surface area contributed by atoms with Gasteiger partial charge in [-0.3, -0.25) is 0 Å². The molecule has 0 saturated carbocycles. The smallest absolute Gasteiger partial charge is 0.229 e. The minimum Gasteiger partial charge on any atom is -0.492 e. The third kappa shape index (κ3) is 5.04. The van der Waals surface area contributed by atoms with Crippen LogP contribution in [0.4, 0.5) is 28.8 Å². The molecule has 2 saturated heterocycles. The summed E-state index contributed by atoms with van der Waals surface area (Å²) in [4.78, 5) is 11.5. The molecular formula is C26H31ClN5O2P. The highest BCUT2D eigenvalue weighted by atomic mass is 35.5. The molecule has 0 unspecified atom stereocenters. The van der Waals surface area contributed by atoms with Crippen molar-refractivity contribution in [1.82, 2.24) is 9.97 Å². The first-order valence-electron chi connectivity index (χ1n) is 11.8. The number of anilines is 5. The van der Waals surface area contributed by atoms with Crippen LogP contribution in [0.2, 0.25) is 5.02 Å². The van der Waals surface area contributed by atoms with Gasteiger partial charge in [0.05, 0.1) is 24.7 Å². The van der Waals surface area contributed by atoms with E-state index in [-0.39, 0.29) is 7.92 Å². The third-order valence-electron chi connectivity index (χ3n) is 6.77. The van der Waals surface area contributed by atoms with Crippen molar-refractivity contribution in [2.75, 3.05) is 62.3 Å². The summed E-state index contributed by atoms with van der Waals surface area (Å²) >= 11 is 6.45. The van der Waals surface area contributed by atoms with E-state index in [0.717, 1.165) is 62.0 Å². The van der Waals surface area contributed by atoms with Crippen molar-refractivity contribution in [3.8, 4) is 5.75 Å². The molecule has 35 heavy (non-hydrogen) atoms. The fourth-order valence-electron chi connectivity index (χ4n) is 4.87. The summed E-state index contributed by atoms with van der Waals surface area (Å²) in [5.41, 5.74) is 3.28. The second-order valence-electron chi connectivity index (χ2n) is 9.38. The molecule has 1 aromatic heterocycles. The summed E-state index contributed by atoms with van der Waals surface area (Å²) in [7, 11) is 1.42. The number of nitrogens with zero attached hydrogens (tertiary/aromatic N) is 3. The van der Waals surface area contributed by atoms with Crippen molar-refractivity contribution in [3.63, 3.8) is 0 Å². The summed E-state index contributed by atoms with van der Waals surface area (Å²) in [6, 6.07) is 14.4. The van der Waals surface area contributed by atoms with Gasteiger partial charge in [-0.25, -0.2) is 4.98 Å². The van der Waals surface area contributed by atoms with Crippen molar-refractivity contribution in [3.05, 3.63) is 53.7 Å². The fraction of sp³-hybridized carbons (Fsp3) is 0.385. The zero-order chi connectivity index (χ0) is 24.4. The number of rotatable bonds is 7. The molecule has 2 fully saturated rings. The minimum atomic E-state index is -0.283. The predicted molar refractivity (Wildman–Crippen MR) is 146 cm³/mol. The molecule has 0 atom stereocenters. The first kappa shape index (κ1) is 24.1. The van der Waals surface area contributed by atoms with Crippen LogP contribution >= 0.6 is 19.5 Å². The second-order valence-corrected chi connectivity index (χ2v) is 12.1. The van der Waals surface area contributed by atoms with Crippen LogP contribution in [-0.4, -0.2) is 56.7 Å². The number of hydrogen-bond donors (Lipinski definition) is 2. The number of benzene rings is 2. The van der Waals surface area contributed by atoms with E-state index < -0.39 is 0 Å². The average Bonchev–Trinajstić information content (AvgIpc) is 2.85. The van der Waals surface area contributed by atoms with E-state index in [4.69, 9.17) is 21.1 Å². The maximum Gasteiger partial charge on any atom is 0.229 e. The summed E-state index contributed by atoms with van der Waals surface area (Å²) in [6.07, 6.45) is 3.86. The Balaban J connectivity index is 1.37. The summed E-state index contributed by atoms with van der Waals surface area (Å²) in [6.45, 7) is 8.23. The first-order chi connectivity index (χ1) is 17.0. The number of halogens is 1. The highest BCUT2D eigenvalue weighted by molar-refractivity contribution is 7.64. The fourth-order valence-corrected chi connectivity index (χ4v) is 6.01. The number of aromatic nitrogens is 2. The maximum atomic E-state index is 6.45. The lowest BCUT2D eigenvalue weighted by Crippen LogP contribution is -2.58. The van der Waals surface area contributed by atoms with E-state index in [1.807, 2.05) is 24.3 Å². The largest absolute Gasteiger partial charge is 0.492 e. The molecule has 2 aromatic carbocycles. The molecule has 0 bridgehead atoms. The third-order valence-corrected chi connectivity index (χ3v) is 8.40. The number of nitrogens with one attached hydrogen (secondary N) is 2. The van der Waals surface area contributed by atoms with Crippen molar-refractivity contribution in [2.45, 2.75) is 12.8 Å². The van der Waals surface area contributed by atoms with Gasteiger partial charge in [0.1, 0.15) is 5.02 Å². The Morgan fingerprint density at radius 2 is 1.77 bits per heavy atom. The number of hydrogen-bond acceptors (Lipinski definition) is 7. The molecule has 1 spiro atoms. The van der Waals surface area contributed by atoms with Gasteiger partial charge in [0.25, 0.3) is 0 Å². The van der Waals surface area contributed by atoms with E-state index >= 15 is 0 Å². The van der Waals surface area contributed by atoms with E-state index in [1.165, 1.54) is 5.30 Å². The zero-order valence-electron chi connectivity index (χ0n) is 20.3. The van der Waals surface area contributed by atoms with Gasteiger partial charge >= 0.3 is 0 Å². The lowest BCUT2D eigenvalue weighted by molar-refractivity contribution is -0.000308. The minimum absolute atomic E-state index is 0.283. The summed E-state index contributed by atoms with van der Waals surface area (Å²) in [5, 5.41) is 8.47. The number of methoxy groups -OCH3 is 1. The van der Waals surface area contributed by atoms with Crippen LogP contribution in [0.25, 0.3) is 0 Å². The van der Waals surface area contributed by atoms with Crippen molar-refractivity contribution < 1.29 is 9.47 Å². The Morgan fingerprint density at radius 1 is 1.03 bits per heavy atom. The number of para-hydroxylation sites is 2. The van der Waals surface area contributed by atoms with Crippen LogP contribution in [0.1, 0.15) is 12.8 Å². The normalized spacial score (nSPS) is 16.8. The molecule has 3 aromatic rings. The zero-order valence-corrected chi connectivity index (χ0v) is 22.0. The van der Waals surface area contributed by atoms with Crippen LogP contribution in [0.3, 0.4) is 0 Å². The van der Waals surface area contributed by atoms with E-state index in [2.05, 4.69) is 57.0 Å². The quantitative estimate of drug-likeness (QED) is 0.399. The molecule has 2 aliphatic heterocycles. The molecule has 2 N–H and O–H groups in total. The Labute approximate surface area is 213 Å². The standard InChI is InChI=1S/C26H31ClN5O2P/c1-33-23-20(8-6-9-21(23)32-16-26(17-32)11-13-34-14-12-26)30-25-28-15-18(27)24(31-25)29-19-7-4-5-10-22(19)35(2)3/h4-10,15H,11-14,16-17H2,1-3H3,(H2,28,29,30,31). The van der Waals surface area contributed by atoms with Crippen LogP contribution in [0.5, 0.6) is 5.75 Å². The van der Waals surface area contributed by atoms with Crippen molar-refractivity contribution in [1.29, 1.82) is 0 Å². The van der Waals surface area contributed by atoms with Crippen LogP contribution in [-0.2, 0) is 4.74 Å². The van der Waals surface area contributed by atoms with Gasteiger partial charge in [-0.15, -0.1) is 0 Å². The molecule has 5 rings (SSSR count). The Hall–Kier alpha value is -2.60. The molecular weight excluding hydrogens is 481 g/mol. The molecule has 0 aliphatic carbocycles. The Kier molecular flexibility index (Phi) is 7.01. The molecule has 9 heteroatoms. The van der Waals surface area contributed by atoms with Crippen LogP contribution in [0.15, 0.2) is 48.7 Å². The Bertz CT molecular complexity index is 1190. The van der Waals surface area contributed by atoms with Gasteiger partial charge in [0.15, 0.2) is 11.6 Å². The van der Waals surface area contributed by atoms with Gasteiger partial charge in [-0.2, -0.15) is 4.98 Å². The second kappa shape index (κ2) is 10.2. The molecule has 7 nitrogen and oxygen atoms in total. The maximum absolute atomic E-state index is 6.45. The van der Waals surface area contributed by atoms with E-state index in [1.54, 1.807) is 13.3 Å². The molecule has 0 amide bonds. The van der Waals surface area contributed by atoms with E-state index in [9.17, 15) is 0 Å². The summed E-state index contributed by atoms with van der Waals surface area (Å²) < 4.78 is 11.4. The van der Waals surface area contributed by atoms with Gasteiger partial charge in [-0.1, -0.05) is 43.8 Å². The highest BCUT2D eigenvalue weighted by Crippen LogP contribution is 2.46. The van der Waals surface area contributed by atoms with E-state index in [0.29, 0.717) is 22.2 Å².